The number of hydrogen-bond donors (Lipinski definition) is 2. The molecule has 31 heavy (non-hydrogen) atoms. The summed E-state index contributed by atoms with van der Waals surface area (Å²) in [6, 6.07) is 9.68. The van der Waals surface area contributed by atoms with Crippen LogP contribution in [0.1, 0.15) is 43.3 Å². The highest BCUT2D eigenvalue weighted by atomic mass is 16.3. The molecule has 2 aliphatic rings. The standard InChI is InChI=1S/C21H30N6O.CH2O2/c1-16(2)27-15-23-24-20(27)14-22-21(28)26-11-9-25(10-12-26)19-8-7-17-5-3-4-6-18(17)13-19;2-1-3/h3-6,15-16,19H,7-14H2,1-2H3,(H,22,28);1H,(H,2,3). The first-order chi connectivity index (χ1) is 15.0. The van der Waals surface area contributed by atoms with Crippen molar-refractivity contribution in [3.63, 3.8) is 0 Å². The van der Waals surface area contributed by atoms with Gasteiger partial charge in [-0.1, -0.05) is 24.3 Å². The number of carbonyl (C=O) groups excluding carboxylic acids is 1. The summed E-state index contributed by atoms with van der Waals surface area (Å²) in [5, 5.41) is 18.0. The van der Waals surface area contributed by atoms with Crippen LogP contribution in [0.5, 0.6) is 0 Å². The van der Waals surface area contributed by atoms with E-state index < -0.39 is 0 Å². The number of amides is 2. The van der Waals surface area contributed by atoms with Gasteiger partial charge in [0.2, 0.25) is 0 Å². The second kappa shape index (κ2) is 10.9. The second-order valence-corrected chi connectivity index (χ2v) is 8.20. The van der Waals surface area contributed by atoms with Crippen molar-refractivity contribution >= 4 is 12.5 Å². The van der Waals surface area contributed by atoms with Gasteiger partial charge in [0.15, 0.2) is 5.82 Å². The predicted octanol–water partition coefficient (Wildman–Crippen LogP) is 1.94. The lowest BCUT2D eigenvalue weighted by Gasteiger charge is -2.41. The van der Waals surface area contributed by atoms with Crippen LogP contribution in [-0.2, 0) is 24.2 Å². The average molecular weight is 429 g/mol. The van der Waals surface area contributed by atoms with Crippen molar-refractivity contribution in [2.75, 3.05) is 26.2 Å². The van der Waals surface area contributed by atoms with Gasteiger partial charge >= 0.3 is 6.03 Å². The Morgan fingerprint density at radius 3 is 2.58 bits per heavy atom. The maximum absolute atomic E-state index is 12.6. The Morgan fingerprint density at radius 1 is 1.23 bits per heavy atom. The Bertz CT molecular complexity index is 860. The first-order valence-corrected chi connectivity index (χ1v) is 10.8. The molecule has 1 fully saturated rings. The molecule has 1 aromatic heterocycles. The normalized spacial score (nSPS) is 18.7. The summed E-state index contributed by atoms with van der Waals surface area (Å²) in [6.07, 6.45) is 5.23. The van der Waals surface area contributed by atoms with Gasteiger partial charge in [-0.15, -0.1) is 10.2 Å². The summed E-state index contributed by atoms with van der Waals surface area (Å²) in [5.41, 5.74) is 3.00. The molecule has 0 radical (unpaired) electrons. The summed E-state index contributed by atoms with van der Waals surface area (Å²) < 4.78 is 1.99. The van der Waals surface area contributed by atoms with E-state index in [2.05, 4.69) is 58.5 Å². The third-order valence-corrected chi connectivity index (χ3v) is 6.04. The second-order valence-electron chi connectivity index (χ2n) is 8.20. The van der Waals surface area contributed by atoms with Gasteiger partial charge in [0.1, 0.15) is 6.33 Å². The molecule has 4 rings (SSSR count). The molecular formula is C22H32N6O3. The molecule has 1 saturated heterocycles. The Hall–Kier alpha value is -2.94. The van der Waals surface area contributed by atoms with Crippen LogP contribution in [-0.4, -0.2) is 74.4 Å². The SMILES string of the molecule is CC(C)n1cnnc1CNC(=O)N1CCN(C2CCc3ccccc3C2)CC1.O=CO. The minimum Gasteiger partial charge on any atom is -0.483 e. The molecule has 2 N–H and O–H groups in total. The third kappa shape index (κ3) is 5.81. The highest BCUT2D eigenvalue weighted by Gasteiger charge is 2.28. The maximum atomic E-state index is 12.6. The first-order valence-electron chi connectivity index (χ1n) is 10.8. The van der Waals surface area contributed by atoms with E-state index in [4.69, 9.17) is 9.90 Å². The quantitative estimate of drug-likeness (QED) is 0.722. The first kappa shape index (κ1) is 22.7. The number of piperazine rings is 1. The Kier molecular flexibility index (Phi) is 8.00. The van der Waals surface area contributed by atoms with E-state index in [1.54, 1.807) is 6.33 Å². The van der Waals surface area contributed by atoms with Gasteiger partial charge in [0.25, 0.3) is 6.47 Å². The van der Waals surface area contributed by atoms with E-state index in [0.717, 1.165) is 44.8 Å². The molecule has 1 atom stereocenters. The Morgan fingerprint density at radius 2 is 1.90 bits per heavy atom. The predicted molar refractivity (Wildman–Crippen MR) is 117 cm³/mol. The van der Waals surface area contributed by atoms with E-state index >= 15 is 0 Å². The maximum Gasteiger partial charge on any atom is 0.317 e. The number of carboxylic acid groups (broad SMARTS) is 1. The number of aryl methyl sites for hydroxylation is 1. The fourth-order valence-corrected chi connectivity index (χ4v) is 4.37. The molecule has 0 bridgehead atoms. The van der Waals surface area contributed by atoms with Crippen molar-refractivity contribution in [1.82, 2.24) is 29.9 Å². The summed E-state index contributed by atoms with van der Waals surface area (Å²) in [7, 11) is 0. The van der Waals surface area contributed by atoms with Crippen LogP contribution in [0.4, 0.5) is 4.79 Å². The van der Waals surface area contributed by atoms with Crippen molar-refractivity contribution < 1.29 is 14.7 Å². The summed E-state index contributed by atoms with van der Waals surface area (Å²) in [6.45, 7) is 7.78. The molecule has 0 saturated carbocycles. The van der Waals surface area contributed by atoms with Crippen LogP contribution in [0, 0.1) is 0 Å². The number of nitrogens with zero attached hydrogens (tertiary/aromatic N) is 5. The minimum atomic E-state index is -0.250. The van der Waals surface area contributed by atoms with Gasteiger partial charge < -0.3 is 19.9 Å². The zero-order chi connectivity index (χ0) is 22.2. The van der Waals surface area contributed by atoms with Gasteiger partial charge in [0.05, 0.1) is 6.54 Å². The number of rotatable bonds is 4. The van der Waals surface area contributed by atoms with Gasteiger partial charge in [-0.2, -0.15) is 0 Å². The number of urea groups is 1. The van der Waals surface area contributed by atoms with Gasteiger partial charge in [-0.3, -0.25) is 9.69 Å². The van der Waals surface area contributed by atoms with E-state index in [1.165, 1.54) is 17.5 Å². The molecule has 2 aromatic rings. The largest absolute Gasteiger partial charge is 0.483 e. The van der Waals surface area contributed by atoms with Crippen LogP contribution in [0.15, 0.2) is 30.6 Å². The molecule has 9 nitrogen and oxygen atoms in total. The van der Waals surface area contributed by atoms with Gasteiger partial charge in [-0.05, 0) is 44.2 Å². The third-order valence-electron chi connectivity index (χ3n) is 6.04. The Labute approximate surface area is 183 Å². The zero-order valence-electron chi connectivity index (χ0n) is 18.3. The molecule has 168 valence electrons. The highest BCUT2D eigenvalue weighted by molar-refractivity contribution is 5.74. The minimum absolute atomic E-state index is 0.00746. The number of fused-ring (bicyclic) bond motifs is 1. The number of hydrogen-bond acceptors (Lipinski definition) is 5. The summed E-state index contributed by atoms with van der Waals surface area (Å²) in [5.74, 6) is 0.794. The van der Waals surface area contributed by atoms with Gasteiger partial charge in [0, 0.05) is 38.3 Å². The van der Waals surface area contributed by atoms with Crippen LogP contribution in [0.25, 0.3) is 0 Å². The number of carbonyl (C=O) groups is 2. The molecular weight excluding hydrogens is 396 g/mol. The van der Waals surface area contributed by atoms with Crippen molar-refractivity contribution in [3.8, 4) is 0 Å². The van der Waals surface area contributed by atoms with E-state index in [9.17, 15) is 4.79 Å². The van der Waals surface area contributed by atoms with E-state index in [0.29, 0.717) is 12.6 Å². The molecule has 1 aliphatic heterocycles. The van der Waals surface area contributed by atoms with Crippen LogP contribution in [0.3, 0.4) is 0 Å². The van der Waals surface area contributed by atoms with Crippen molar-refractivity contribution in [2.24, 2.45) is 0 Å². The lowest BCUT2D eigenvalue weighted by Crippen LogP contribution is -2.55. The molecule has 1 aromatic carbocycles. The lowest BCUT2D eigenvalue weighted by atomic mass is 9.87. The van der Waals surface area contributed by atoms with Gasteiger partial charge in [-0.25, -0.2) is 4.79 Å². The molecule has 2 heterocycles. The summed E-state index contributed by atoms with van der Waals surface area (Å²) >= 11 is 0. The average Bonchev–Trinajstić information content (AvgIpc) is 3.27. The molecule has 1 aliphatic carbocycles. The summed E-state index contributed by atoms with van der Waals surface area (Å²) in [4.78, 5) is 25.4. The molecule has 2 amide bonds. The molecule has 0 spiro atoms. The monoisotopic (exact) mass is 428 g/mol. The number of benzene rings is 1. The van der Waals surface area contributed by atoms with Crippen LogP contribution in [0.2, 0.25) is 0 Å². The lowest BCUT2D eigenvalue weighted by molar-refractivity contribution is -0.122. The number of aromatic nitrogens is 3. The van der Waals surface area contributed by atoms with Crippen molar-refractivity contribution in [2.45, 2.75) is 51.7 Å². The number of nitrogens with one attached hydrogen (secondary N) is 1. The van der Waals surface area contributed by atoms with Crippen molar-refractivity contribution in [1.29, 1.82) is 0 Å². The van der Waals surface area contributed by atoms with Crippen molar-refractivity contribution in [3.05, 3.63) is 47.5 Å². The Balaban J connectivity index is 0.000000858. The zero-order valence-corrected chi connectivity index (χ0v) is 18.3. The smallest absolute Gasteiger partial charge is 0.317 e. The highest BCUT2D eigenvalue weighted by Crippen LogP contribution is 2.25. The molecule has 9 heteroatoms. The van der Waals surface area contributed by atoms with Crippen LogP contribution >= 0.6 is 0 Å². The topological polar surface area (TPSA) is 104 Å². The van der Waals surface area contributed by atoms with E-state index in [-0.39, 0.29) is 18.5 Å². The van der Waals surface area contributed by atoms with Crippen LogP contribution < -0.4 is 5.32 Å². The van der Waals surface area contributed by atoms with E-state index in [1.807, 2.05) is 9.47 Å². The fraction of sp³-hybridized carbons (Fsp3) is 0.545. The fourth-order valence-electron chi connectivity index (χ4n) is 4.37. The molecule has 1 unspecified atom stereocenters.